The van der Waals surface area contributed by atoms with Crippen LogP contribution in [0.15, 0.2) is 54.7 Å². The normalized spacial score (nSPS) is 23.1. The summed E-state index contributed by atoms with van der Waals surface area (Å²) in [7, 11) is 0. The lowest BCUT2D eigenvalue weighted by molar-refractivity contribution is -0.0719. The van der Waals surface area contributed by atoms with E-state index in [0.717, 1.165) is 29.2 Å². The van der Waals surface area contributed by atoms with Gasteiger partial charge in [0.05, 0.1) is 36.4 Å². The number of aromatic nitrogens is 3. The van der Waals surface area contributed by atoms with Crippen molar-refractivity contribution in [3.05, 3.63) is 88.8 Å². The lowest BCUT2D eigenvalue weighted by atomic mass is 9.99. The van der Waals surface area contributed by atoms with Crippen LogP contribution in [-0.2, 0) is 28.2 Å². The number of benzene rings is 2. The molecule has 1 unspecified atom stereocenters. The predicted molar refractivity (Wildman–Crippen MR) is 151 cm³/mol. The monoisotopic (exact) mass is 571 g/mol. The fourth-order valence-corrected chi connectivity index (χ4v) is 5.71. The third-order valence-electron chi connectivity index (χ3n) is 8.13. The first kappa shape index (κ1) is 26.6. The van der Waals surface area contributed by atoms with Crippen molar-refractivity contribution in [2.75, 3.05) is 13.2 Å². The summed E-state index contributed by atoms with van der Waals surface area (Å²) in [6.07, 6.45) is 5.67. The number of carbonyl (C=O) groups is 1. The minimum absolute atomic E-state index is 0.0142. The second-order valence-corrected chi connectivity index (χ2v) is 11.2. The molecule has 2 aromatic carbocycles. The van der Waals surface area contributed by atoms with Crippen LogP contribution in [0.5, 0.6) is 11.5 Å². The first-order valence-electron chi connectivity index (χ1n) is 14.1. The van der Waals surface area contributed by atoms with E-state index < -0.39 is 17.6 Å². The molecule has 1 fully saturated rings. The van der Waals surface area contributed by atoms with Gasteiger partial charge in [0.15, 0.2) is 17.3 Å². The Bertz CT molecular complexity index is 1730. The van der Waals surface area contributed by atoms with Crippen LogP contribution in [0.4, 0.5) is 4.39 Å². The van der Waals surface area contributed by atoms with Gasteiger partial charge in [-0.15, -0.1) is 0 Å². The molecule has 3 aliphatic rings. The number of ether oxygens (including phenoxy) is 4. The Balaban J connectivity index is 1.13. The van der Waals surface area contributed by atoms with E-state index in [1.807, 2.05) is 48.7 Å². The Morgan fingerprint density at radius 3 is 2.71 bits per heavy atom. The summed E-state index contributed by atoms with van der Waals surface area (Å²) in [5.41, 5.74) is 4.13. The number of fused-ring (bicyclic) bond motifs is 2. The highest BCUT2D eigenvalue weighted by molar-refractivity contribution is 5.92. The van der Waals surface area contributed by atoms with Gasteiger partial charge in [-0.2, -0.15) is 0 Å². The van der Waals surface area contributed by atoms with Crippen LogP contribution in [0.2, 0.25) is 0 Å². The average molecular weight is 572 g/mol. The highest BCUT2D eigenvalue weighted by Crippen LogP contribution is 2.48. The Morgan fingerprint density at radius 1 is 1.17 bits per heavy atom. The summed E-state index contributed by atoms with van der Waals surface area (Å²) >= 11 is 0. The second-order valence-electron chi connectivity index (χ2n) is 11.2. The summed E-state index contributed by atoms with van der Waals surface area (Å²) in [6.45, 7) is 5.35. The van der Waals surface area contributed by atoms with Crippen LogP contribution in [0.3, 0.4) is 0 Å². The maximum absolute atomic E-state index is 14.9. The number of rotatable bonds is 7. The molecule has 0 radical (unpaired) electrons. The van der Waals surface area contributed by atoms with E-state index in [1.54, 1.807) is 6.20 Å². The van der Waals surface area contributed by atoms with E-state index in [0.29, 0.717) is 61.1 Å². The maximum atomic E-state index is 14.9. The van der Waals surface area contributed by atoms with Gasteiger partial charge in [-0.1, -0.05) is 24.3 Å². The van der Waals surface area contributed by atoms with Crippen LogP contribution in [0.25, 0.3) is 16.6 Å². The Hall–Kier alpha value is -4.28. The maximum Gasteiger partial charge on any atom is 0.335 e. The lowest BCUT2D eigenvalue weighted by Crippen LogP contribution is -2.32. The summed E-state index contributed by atoms with van der Waals surface area (Å²) in [5, 5.41) is 9.47. The van der Waals surface area contributed by atoms with Gasteiger partial charge in [-0.05, 0) is 55.2 Å². The van der Waals surface area contributed by atoms with E-state index in [4.69, 9.17) is 18.9 Å². The molecule has 4 aromatic rings. The first-order chi connectivity index (χ1) is 20.3. The van der Waals surface area contributed by atoms with E-state index in [2.05, 4.69) is 16.0 Å². The van der Waals surface area contributed by atoms with Crippen molar-refractivity contribution in [1.29, 1.82) is 0 Å². The quantitative estimate of drug-likeness (QED) is 0.313. The number of halogens is 1. The van der Waals surface area contributed by atoms with Crippen molar-refractivity contribution in [1.82, 2.24) is 14.5 Å². The molecule has 9 nitrogen and oxygen atoms in total. The average Bonchev–Trinajstić information content (AvgIpc) is 3.49. The molecular weight excluding hydrogens is 541 g/mol. The molecule has 0 aliphatic carbocycles. The van der Waals surface area contributed by atoms with E-state index in [-0.39, 0.29) is 23.3 Å². The topological polar surface area (TPSA) is 105 Å². The zero-order valence-corrected chi connectivity index (χ0v) is 23.3. The molecule has 2 aromatic heterocycles. The van der Waals surface area contributed by atoms with Gasteiger partial charge in [0.25, 0.3) is 5.79 Å². The Kier molecular flexibility index (Phi) is 6.47. The number of hydrogen-bond donors (Lipinski definition) is 1. The molecule has 5 heterocycles. The van der Waals surface area contributed by atoms with Gasteiger partial charge in [-0.3, -0.25) is 4.98 Å². The number of aryl methyl sites for hydroxylation is 1. The van der Waals surface area contributed by atoms with Gasteiger partial charge in [-0.25, -0.2) is 14.2 Å². The molecule has 3 atom stereocenters. The SMILES string of the molecule is Cc1ccc([C@@]2(C)Oc3cccc(C4=CCC(Cc5nc6c(F)cc(C(=O)O)cc6n5C[C@@H]5CCO5)OC4)c3O2)nc1. The minimum Gasteiger partial charge on any atom is -0.478 e. The minimum atomic E-state index is -1.18. The molecule has 42 heavy (non-hydrogen) atoms. The van der Waals surface area contributed by atoms with Crippen molar-refractivity contribution in [3.63, 3.8) is 0 Å². The van der Waals surface area contributed by atoms with Crippen LogP contribution in [-0.4, -0.2) is 51.0 Å². The molecular formula is C32H30FN3O6. The highest BCUT2D eigenvalue weighted by Gasteiger charge is 2.41. The molecule has 0 amide bonds. The molecule has 7 rings (SSSR count). The Morgan fingerprint density at radius 2 is 2.02 bits per heavy atom. The number of nitrogens with zero attached hydrogens (tertiary/aromatic N) is 3. The second kappa shape index (κ2) is 10.2. The van der Waals surface area contributed by atoms with Crippen molar-refractivity contribution in [3.8, 4) is 11.5 Å². The van der Waals surface area contributed by atoms with E-state index in [1.165, 1.54) is 6.07 Å². The van der Waals surface area contributed by atoms with Gasteiger partial charge < -0.3 is 28.6 Å². The van der Waals surface area contributed by atoms with Crippen molar-refractivity contribution >= 4 is 22.6 Å². The standard InChI is InChI=1S/C32H30FN3O6/c1-18-6-9-27(34-15-18)32(2)41-26-5-3-4-23(30(26)42-32)19-7-8-21(40-17-19)14-28-35-29-24(33)12-20(31(37)38)13-25(29)36(28)16-22-10-11-39-22/h3-7,9,12-13,15,21-22H,8,10-11,14,16-17H2,1-2H3,(H,37,38)/t21?,22-,32-/m0/s1. The smallest absolute Gasteiger partial charge is 0.335 e. The molecule has 0 spiro atoms. The van der Waals surface area contributed by atoms with E-state index >= 15 is 0 Å². The van der Waals surface area contributed by atoms with Crippen molar-refractivity contribution < 1.29 is 33.2 Å². The Labute approximate surface area is 241 Å². The number of para-hydroxylation sites is 1. The number of aromatic carboxylic acids is 1. The fraction of sp³-hybridized carbons (Fsp3) is 0.344. The largest absolute Gasteiger partial charge is 0.478 e. The molecule has 0 bridgehead atoms. The summed E-state index contributed by atoms with van der Waals surface area (Å²) in [4.78, 5) is 20.7. The molecule has 0 saturated carbocycles. The van der Waals surface area contributed by atoms with Gasteiger partial charge in [0, 0.05) is 31.7 Å². The summed E-state index contributed by atoms with van der Waals surface area (Å²) in [5.74, 6) is -0.932. The number of pyridine rings is 1. The molecule has 1 saturated heterocycles. The number of hydrogen-bond acceptors (Lipinski definition) is 7. The van der Waals surface area contributed by atoms with Gasteiger partial charge in [0.1, 0.15) is 17.0 Å². The lowest BCUT2D eigenvalue weighted by Gasteiger charge is -2.28. The highest BCUT2D eigenvalue weighted by atomic mass is 19.1. The summed E-state index contributed by atoms with van der Waals surface area (Å²) < 4.78 is 41.3. The van der Waals surface area contributed by atoms with E-state index in [9.17, 15) is 14.3 Å². The third kappa shape index (κ3) is 4.70. The van der Waals surface area contributed by atoms with Crippen LogP contribution < -0.4 is 9.47 Å². The number of carboxylic acids is 1. The zero-order valence-electron chi connectivity index (χ0n) is 23.3. The van der Waals surface area contributed by atoms with Crippen molar-refractivity contribution in [2.45, 2.75) is 57.6 Å². The summed E-state index contributed by atoms with van der Waals surface area (Å²) in [6, 6.07) is 12.2. The van der Waals surface area contributed by atoms with Crippen molar-refractivity contribution in [2.24, 2.45) is 0 Å². The van der Waals surface area contributed by atoms with Crippen LogP contribution in [0.1, 0.15) is 52.8 Å². The fourth-order valence-electron chi connectivity index (χ4n) is 5.71. The van der Waals surface area contributed by atoms with Crippen LogP contribution in [0, 0.1) is 12.7 Å². The van der Waals surface area contributed by atoms with Gasteiger partial charge in [0.2, 0.25) is 0 Å². The van der Waals surface area contributed by atoms with Gasteiger partial charge >= 0.3 is 5.97 Å². The van der Waals surface area contributed by atoms with Crippen LogP contribution >= 0.6 is 0 Å². The predicted octanol–water partition coefficient (Wildman–Crippen LogP) is 5.43. The molecule has 10 heteroatoms. The third-order valence-corrected chi connectivity index (χ3v) is 8.13. The zero-order chi connectivity index (χ0) is 29.0. The first-order valence-corrected chi connectivity index (χ1v) is 14.1. The molecule has 1 N–H and O–H groups in total. The number of imidazole rings is 1. The molecule has 3 aliphatic heterocycles. The number of carboxylic acid groups (broad SMARTS) is 1. The molecule has 216 valence electrons.